The van der Waals surface area contributed by atoms with Gasteiger partial charge in [0.15, 0.2) is 0 Å². The van der Waals surface area contributed by atoms with E-state index in [4.69, 9.17) is 4.74 Å². The van der Waals surface area contributed by atoms with E-state index >= 15 is 37.5 Å². The summed E-state index contributed by atoms with van der Waals surface area (Å²) >= 11 is 0. The number of hydrogen-bond donors (Lipinski definition) is 3. The predicted octanol–water partition coefficient (Wildman–Crippen LogP) is 6.89. The lowest BCUT2D eigenvalue weighted by Crippen LogP contribution is -2.65. The number of carbonyl (C=O) groups is 11. The molecule has 3 aliphatic heterocycles. The number of halogens is 8. The van der Waals surface area contributed by atoms with E-state index in [0.29, 0.717) is 44.2 Å². The third-order valence-electron chi connectivity index (χ3n) is 21.8. The highest BCUT2D eigenvalue weighted by molar-refractivity contribution is 6.00. The van der Waals surface area contributed by atoms with Crippen molar-refractivity contribution in [1.82, 2.24) is 55.1 Å². The fraction of sp³-hybridized carbons (Fsp3) is 0.685. The van der Waals surface area contributed by atoms with E-state index in [-0.39, 0.29) is 87.7 Å². The Hall–Kier alpha value is -7.99. The number of benzene rings is 2. The molecule has 0 radical (unpaired) electrons. The highest BCUT2D eigenvalue weighted by Crippen LogP contribution is 2.39. The molecule has 23 nitrogen and oxygen atoms in total. The van der Waals surface area contributed by atoms with Gasteiger partial charge >= 0.3 is 12.4 Å². The number of aryl methyl sites for hydroxylation is 1. The summed E-state index contributed by atoms with van der Waals surface area (Å²) in [6, 6.07) is -7.14. The Bertz CT molecular complexity index is 3440. The van der Waals surface area contributed by atoms with Crippen LogP contribution in [0.1, 0.15) is 168 Å². The molecular formula is C73H103F8N11O12. The summed E-state index contributed by atoms with van der Waals surface area (Å²) in [6.45, 7) is 12.1. The predicted molar refractivity (Wildman–Crippen MR) is 366 cm³/mol. The number of carbonyl (C=O) groups excluding carboxylic acids is 11. The van der Waals surface area contributed by atoms with Crippen LogP contribution in [0.3, 0.4) is 0 Å². The van der Waals surface area contributed by atoms with Crippen molar-refractivity contribution in [2.75, 3.05) is 68.0 Å². The van der Waals surface area contributed by atoms with E-state index in [1.54, 1.807) is 27.7 Å². The Balaban J connectivity index is 1.32. The molecule has 2 aromatic carbocycles. The average Bonchev–Trinajstić information content (AvgIpc) is 1.49. The molecule has 31 heteroatoms. The van der Waals surface area contributed by atoms with Crippen LogP contribution in [0.2, 0.25) is 0 Å². The number of fused-ring (bicyclic) bond motifs is 2. The van der Waals surface area contributed by atoms with Gasteiger partial charge < -0.3 is 59.9 Å². The van der Waals surface area contributed by atoms with Crippen LogP contribution in [0.5, 0.6) is 0 Å². The number of ether oxygens (including phenoxy) is 1. The third-order valence-corrected chi connectivity index (χ3v) is 21.8. The minimum absolute atomic E-state index is 0.00152. The first-order valence-corrected chi connectivity index (χ1v) is 36.2. The second kappa shape index (κ2) is 34.9. The maximum atomic E-state index is 15.5. The van der Waals surface area contributed by atoms with Crippen LogP contribution in [-0.4, -0.2) is 238 Å². The first-order valence-electron chi connectivity index (χ1n) is 36.2. The largest absolute Gasteiger partial charge is 0.422 e. The smallest absolute Gasteiger partial charge is 0.377 e. The van der Waals surface area contributed by atoms with Gasteiger partial charge in [-0.2, -0.15) is 26.3 Å². The number of likely N-dealkylation sites (N-methyl/N-ethyl adjacent to an activating group) is 6. The molecule has 3 heterocycles. The monoisotopic (exact) mass is 1480 g/mol. The first-order chi connectivity index (χ1) is 48.7. The molecular weight excluding hydrogens is 1370 g/mol. The van der Waals surface area contributed by atoms with E-state index in [2.05, 4.69) is 16.0 Å². The zero-order valence-corrected chi connectivity index (χ0v) is 61.8. The van der Waals surface area contributed by atoms with Gasteiger partial charge in [0.05, 0.1) is 18.2 Å². The Kier molecular flexibility index (Phi) is 28.0. The Morgan fingerprint density at radius 3 is 1.80 bits per heavy atom. The highest BCUT2D eigenvalue weighted by atomic mass is 19.4. The average molecular weight is 1480 g/mol. The van der Waals surface area contributed by atoms with Gasteiger partial charge in [-0.25, -0.2) is 8.78 Å². The van der Waals surface area contributed by atoms with Crippen molar-refractivity contribution in [2.24, 2.45) is 17.8 Å². The number of nitrogens with one attached hydrogen (secondary N) is 3. The van der Waals surface area contributed by atoms with Crippen molar-refractivity contribution < 1.29 is 92.6 Å². The fourth-order valence-corrected chi connectivity index (χ4v) is 15.1. The van der Waals surface area contributed by atoms with E-state index in [1.165, 1.54) is 61.6 Å². The summed E-state index contributed by atoms with van der Waals surface area (Å²) in [5.41, 5.74) is -5.12. The number of hydrogen-bond acceptors (Lipinski definition) is 12. The third kappa shape index (κ3) is 19.2. The number of rotatable bonds is 13. The van der Waals surface area contributed by atoms with E-state index < -0.39 is 198 Å². The van der Waals surface area contributed by atoms with Gasteiger partial charge in [-0.3, -0.25) is 52.7 Å². The maximum Gasteiger partial charge on any atom is 0.422 e. The standard InChI is InChI=1S/C73H103F8N11O12/c1-14-42(6)60-68(101)87(11)44(8)64(97)91-32-29-53(91)67(100)90(15-2)56(37-45-23-26-48(27-24-45)72(76,77)78)66(99)85(9)40-57(93)82-52(28-25-46-35-50(74)59(51(75)36-46)73(79,80)81)65(98)92-39-49(104-16-3)38-55(92)63(96)84-71(30-19-20-31-71)70(103)89(13)61(47-21-17-18-22-47)69(102)86(10)43(7)34-58(94)88(12)54(33-41(4)5)62(95)83-60/h23-24,26-27,35-36,41-44,47,49,52-56,60-61H,14-22,25,28-34,37-40H2,1-13H3,(H,82,93)(H,83,95)(H,84,96)/t42-,43+,44-,49+,52-,53-,54-,55-,56-,60-,61-/m0/s1. The number of alkyl halides is 6. The number of amides is 11. The Morgan fingerprint density at radius 1 is 0.644 bits per heavy atom. The van der Waals surface area contributed by atoms with Crippen molar-refractivity contribution >= 4 is 65.0 Å². The maximum absolute atomic E-state index is 15.5. The molecule has 1 spiro atoms. The summed E-state index contributed by atoms with van der Waals surface area (Å²) in [5, 5.41) is 8.42. The molecule has 3 N–H and O–H groups in total. The first kappa shape index (κ1) is 83.3. The molecule has 5 aliphatic rings. The molecule has 3 saturated heterocycles. The van der Waals surface area contributed by atoms with E-state index in [1.807, 2.05) is 13.8 Å². The molecule has 2 saturated carbocycles. The second-order valence-corrected chi connectivity index (χ2v) is 29.3. The quantitative estimate of drug-likeness (QED) is 0.173. The van der Waals surface area contributed by atoms with Crippen LogP contribution in [-0.2, 0) is 82.7 Å². The van der Waals surface area contributed by atoms with E-state index in [9.17, 15) is 50.3 Å². The Morgan fingerprint density at radius 2 is 1.26 bits per heavy atom. The lowest BCUT2D eigenvalue weighted by molar-refractivity contribution is -0.160. The summed E-state index contributed by atoms with van der Waals surface area (Å²) in [4.78, 5) is 175. The molecule has 11 amide bonds. The van der Waals surface area contributed by atoms with Crippen molar-refractivity contribution in [3.63, 3.8) is 0 Å². The highest BCUT2D eigenvalue weighted by Gasteiger charge is 2.53. The van der Waals surface area contributed by atoms with Crippen LogP contribution < -0.4 is 16.0 Å². The van der Waals surface area contributed by atoms with Crippen molar-refractivity contribution in [3.8, 4) is 0 Å². The van der Waals surface area contributed by atoms with Gasteiger partial charge in [0.1, 0.15) is 71.1 Å². The Labute approximate surface area is 603 Å². The topological polar surface area (TPSA) is 259 Å². The number of nitrogens with zero attached hydrogens (tertiary/aromatic N) is 8. The molecule has 104 heavy (non-hydrogen) atoms. The van der Waals surface area contributed by atoms with Crippen LogP contribution in [0.15, 0.2) is 36.4 Å². The van der Waals surface area contributed by atoms with Gasteiger partial charge in [-0.05, 0) is 132 Å². The summed E-state index contributed by atoms with van der Waals surface area (Å²) in [7, 11) is 6.97. The zero-order chi connectivity index (χ0) is 77.4. The van der Waals surface area contributed by atoms with Crippen LogP contribution >= 0.6 is 0 Å². The molecule has 2 aliphatic carbocycles. The summed E-state index contributed by atoms with van der Waals surface area (Å²) in [6.07, 6.45) is -8.89. The molecule has 0 bridgehead atoms. The van der Waals surface area contributed by atoms with Crippen LogP contribution in [0.4, 0.5) is 35.1 Å². The van der Waals surface area contributed by atoms with Crippen LogP contribution in [0, 0.1) is 29.4 Å². The fourth-order valence-electron chi connectivity index (χ4n) is 15.1. The summed E-state index contributed by atoms with van der Waals surface area (Å²) in [5.74, 6) is -13.4. The van der Waals surface area contributed by atoms with Crippen molar-refractivity contribution in [3.05, 3.63) is 70.3 Å². The van der Waals surface area contributed by atoms with Crippen molar-refractivity contribution in [1.29, 1.82) is 0 Å². The minimum atomic E-state index is -5.44. The van der Waals surface area contributed by atoms with Gasteiger partial charge in [0, 0.05) is 86.8 Å². The van der Waals surface area contributed by atoms with Gasteiger partial charge in [-0.1, -0.05) is 71.9 Å². The lowest BCUT2D eigenvalue weighted by atomic mass is 9.90. The SMILES string of the molecule is CCO[C@@H]1C[C@H]2C(=O)NC3(CCCC3)C(=O)N(C)[C@@H](C3CCCC3)C(=O)N(C)[C@H](C)CC(=O)N(C)[C@@H](CC(C)C)C(=O)N[C@@H]([C@@H](C)CC)C(=O)N(C)[C@@H](C)C(=O)N3CC[C@H]3C(=O)N(CC)[C@@H](Cc3ccc(C(F)(F)F)cc3)C(=O)N(C)CC(=O)N[C@@H](CCc3cc(F)c(C(F)(F)F)c(F)c3)C(=O)N2C1. The van der Waals surface area contributed by atoms with Crippen molar-refractivity contribution in [2.45, 2.75) is 236 Å². The minimum Gasteiger partial charge on any atom is -0.377 e. The lowest BCUT2D eigenvalue weighted by Gasteiger charge is -2.45. The molecule has 0 aromatic heterocycles. The zero-order valence-electron chi connectivity index (χ0n) is 61.8. The van der Waals surface area contributed by atoms with E-state index in [0.717, 1.165) is 63.8 Å². The molecule has 2 aromatic rings. The normalized spacial score (nSPS) is 27.0. The molecule has 5 fully saturated rings. The van der Waals surface area contributed by atoms with Crippen LogP contribution in [0.25, 0.3) is 0 Å². The molecule has 11 atom stereocenters. The molecule has 0 unspecified atom stereocenters. The second-order valence-electron chi connectivity index (χ2n) is 29.3. The van der Waals surface area contributed by atoms with Gasteiger partial charge in [0.2, 0.25) is 65.0 Å². The molecule has 578 valence electrons. The van der Waals surface area contributed by atoms with Gasteiger partial charge in [0.25, 0.3) is 0 Å². The molecule has 7 rings (SSSR count). The van der Waals surface area contributed by atoms with Gasteiger partial charge in [-0.15, -0.1) is 0 Å². The summed E-state index contributed by atoms with van der Waals surface area (Å²) < 4.78 is 119.